The molecule has 1 N–H and O–H groups in total. The van der Waals surface area contributed by atoms with Crippen molar-refractivity contribution >= 4 is 56.5 Å². The molecule has 138 valence electrons. The summed E-state index contributed by atoms with van der Waals surface area (Å²) in [5, 5.41) is 2.18. The predicted molar refractivity (Wildman–Crippen MR) is 108 cm³/mol. The van der Waals surface area contributed by atoms with E-state index in [-0.39, 0.29) is 11.4 Å². The SMILES string of the molecule is COc1ccccc1NC(=O)CN1C(=O)S/C(=C/c2ccc(Br)cc2)C1=O. The molecule has 27 heavy (non-hydrogen) atoms. The zero-order chi connectivity index (χ0) is 19.4. The average Bonchev–Trinajstić information content (AvgIpc) is 2.91. The molecule has 2 aromatic rings. The first-order valence-electron chi connectivity index (χ1n) is 7.92. The highest BCUT2D eigenvalue weighted by Crippen LogP contribution is 2.32. The first kappa shape index (κ1) is 19.2. The molecule has 0 spiro atoms. The summed E-state index contributed by atoms with van der Waals surface area (Å²) in [5.74, 6) is -0.468. The van der Waals surface area contributed by atoms with Crippen molar-refractivity contribution < 1.29 is 19.1 Å². The molecule has 0 unspecified atom stereocenters. The fourth-order valence-electron chi connectivity index (χ4n) is 2.43. The molecule has 6 nitrogen and oxygen atoms in total. The third kappa shape index (κ3) is 4.58. The minimum Gasteiger partial charge on any atom is -0.495 e. The van der Waals surface area contributed by atoms with Crippen molar-refractivity contribution in [3.63, 3.8) is 0 Å². The number of benzene rings is 2. The monoisotopic (exact) mass is 446 g/mol. The van der Waals surface area contributed by atoms with Gasteiger partial charge in [0.25, 0.3) is 11.1 Å². The molecule has 0 radical (unpaired) electrons. The molecule has 0 aliphatic carbocycles. The molecule has 0 atom stereocenters. The van der Waals surface area contributed by atoms with Crippen LogP contribution >= 0.6 is 27.7 Å². The average molecular weight is 447 g/mol. The number of methoxy groups -OCH3 is 1. The number of thioether (sulfide) groups is 1. The molecule has 0 aromatic heterocycles. The van der Waals surface area contributed by atoms with Gasteiger partial charge in [0, 0.05) is 4.47 Å². The topological polar surface area (TPSA) is 75.7 Å². The highest BCUT2D eigenvalue weighted by molar-refractivity contribution is 9.10. The maximum absolute atomic E-state index is 12.5. The number of imide groups is 1. The zero-order valence-electron chi connectivity index (χ0n) is 14.3. The van der Waals surface area contributed by atoms with E-state index in [1.54, 1.807) is 30.3 Å². The number of amides is 3. The minimum absolute atomic E-state index is 0.285. The van der Waals surface area contributed by atoms with Gasteiger partial charge in [0.1, 0.15) is 12.3 Å². The number of hydrogen-bond donors (Lipinski definition) is 1. The molecule has 1 aliphatic rings. The number of para-hydroxylation sites is 2. The maximum Gasteiger partial charge on any atom is 0.294 e. The summed E-state index contributed by atoms with van der Waals surface area (Å²) in [6.45, 7) is -0.361. The Balaban J connectivity index is 1.70. The number of nitrogens with zero attached hydrogens (tertiary/aromatic N) is 1. The van der Waals surface area contributed by atoms with E-state index in [9.17, 15) is 14.4 Å². The standard InChI is InChI=1S/C19H15BrN2O4S/c1-26-15-5-3-2-4-14(15)21-17(23)11-22-18(24)16(27-19(22)25)10-12-6-8-13(20)9-7-12/h2-10H,11H2,1H3,(H,21,23)/b16-10+. The Morgan fingerprint density at radius 2 is 1.89 bits per heavy atom. The summed E-state index contributed by atoms with van der Waals surface area (Å²) in [6, 6.07) is 14.2. The normalized spacial score (nSPS) is 15.3. The van der Waals surface area contributed by atoms with E-state index in [1.807, 2.05) is 24.3 Å². The smallest absolute Gasteiger partial charge is 0.294 e. The Hall–Kier alpha value is -2.58. The molecular formula is C19H15BrN2O4S. The number of carbonyl (C=O) groups excluding carboxylic acids is 3. The van der Waals surface area contributed by atoms with Crippen LogP contribution in [0.1, 0.15) is 5.56 Å². The van der Waals surface area contributed by atoms with Crippen LogP contribution in [0.15, 0.2) is 57.9 Å². The lowest BCUT2D eigenvalue weighted by molar-refractivity contribution is -0.127. The van der Waals surface area contributed by atoms with Gasteiger partial charge in [-0.2, -0.15) is 0 Å². The van der Waals surface area contributed by atoms with E-state index >= 15 is 0 Å². The number of ether oxygens (including phenoxy) is 1. The third-order valence-corrected chi connectivity index (χ3v) is 5.16. The van der Waals surface area contributed by atoms with Gasteiger partial charge in [0.05, 0.1) is 17.7 Å². The van der Waals surface area contributed by atoms with Crippen LogP contribution in [0.25, 0.3) is 6.08 Å². The number of carbonyl (C=O) groups is 3. The largest absolute Gasteiger partial charge is 0.495 e. The molecular weight excluding hydrogens is 432 g/mol. The van der Waals surface area contributed by atoms with Crippen LogP contribution in [0.5, 0.6) is 5.75 Å². The molecule has 1 fully saturated rings. The zero-order valence-corrected chi connectivity index (χ0v) is 16.7. The number of hydrogen-bond acceptors (Lipinski definition) is 5. The summed E-state index contributed by atoms with van der Waals surface area (Å²) >= 11 is 4.16. The summed E-state index contributed by atoms with van der Waals surface area (Å²) in [7, 11) is 1.49. The van der Waals surface area contributed by atoms with E-state index in [4.69, 9.17) is 4.74 Å². The molecule has 0 bridgehead atoms. The number of halogens is 1. The van der Waals surface area contributed by atoms with Crippen molar-refractivity contribution in [1.29, 1.82) is 0 Å². The van der Waals surface area contributed by atoms with Gasteiger partial charge in [-0.05, 0) is 47.7 Å². The van der Waals surface area contributed by atoms with Crippen LogP contribution in [0.4, 0.5) is 10.5 Å². The summed E-state index contributed by atoms with van der Waals surface area (Å²) in [4.78, 5) is 38.2. The van der Waals surface area contributed by atoms with E-state index < -0.39 is 17.1 Å². The molecule has 8 heteroatoms. The van der Waals surface area contributed by atoms with Gasteiger partial charge >= 0.3 is 0 Å². The van der Waals surface area contributed by atoms with Gasteiger partial charge < -0.3 is 10.1 Å². The molecule has 0 saturated carbocycles. The first-order chi connectivity index (χ1) is 13.0. The molecule has 1 aliphatic heterocycles. The van der Waals surface area contributed by atoms with Crippen molar-refractivity contribution in [3.05, 3.63) is 63.5 Å². The molecule has 3 rings (SSSR count). The van der Waals surface area contributed by atoms with Crippen LogP contribution in [0.2, 0.25) is 0 Å². The second-order valence-electron chi connectivity index (χ2n) is 5.57. The quantitative estimate of drug-likeness (QED) is 0.698. The fraction of sp³-hybridized carbons (Fsp3) is 0.105. The van der Waals surface area contributed by atoms with Crippen molar-refractivity contribution in [3.8, 4) is 5.75 Å². The minimum atomic E-state index is -0.483. The fourth-order valence-corrected chi connectivity index (χ4v) is 3.53. The third-order valence-electron chi connectivity index (χ3n) is 3.72. The lowest BCUT2D eigenvalue weighted by Gasteiger charge is -2.14. The lowest BCUT2D eigenvalue weighted by Crippen LogP contribution is -2.36. The van der Waals surface area contributed by atoms with Gasteiger partial charge in [0.15, 0.2) is 0 Å². The van der Waals surface area contributed by atoms with Gasteiger partial charge in [-0.3, -0.25) is 19.3 Å². The van der Waals surface area contributed by atoms with E-state index in [1.165, 1.54) is 7.11 Å². The van der Waals surface area contributed by atoms with E-state index in [2.05, 4.69) is 21.2 Å². The number of nitrogens with one attached hydrogen (secondary N) is 1. The molecule has 1 saturated heterocycles. The predicted octanol–water partition coefficient (Wildman–Crippen LogP) is 4.13. The Bertz CT molecular complexity index is 928. The highest BCUT2D eigenvalue weighted by atomic mass is 79.9. The lowest BCUT2D eigenvalue weighted by atomic mass is 10.2. The van der Waals surface area contributed by atoms with Crippen LogP contribution in [0.3, 0.4) is 0 Å². The van der Waals surface area contributed by atoms with Gasteiger partial charge in [-0.15, -0.1) is 0 Å². The summed E-state index contributed by atoms with van der Waals surface area (Å²) in [6.07, 6.45) is 1.63. The van der Waals surface area contributed by atoms with Crippen molar-refractivity contribution in [2.75, 3.05) is 19.0 Å². The van der Waals surface area contributed by atoms with E-state index in [0.717, 1.165) is 26.7 Å². The highest BCUT2D eigenvalue weighted by Gasteiger charge is 2.36. The van der Waals surface area contributed by atoms with Crippen molar-refractivity contribution in [2.45, 2.75) is 0 Å². The Kier molecular flexibility index (Phi) is 5.98. The molecule has 3 amide bonds. The van der Waals surface area contributed by atoms with Crippen molar-refractivity contribution in [2.24, 2.45) is 0 Å². The van der Waals surface area contributed by atoms with Crippen LogP contribution in [-0.2, 0) is 9.59 Å². The first-order valence-corrected chi connectivity index (χ1v) is 9.52. The van der Waals surface area contributed by atoms with Crippen molar-refractivity contribution in [1.82, 2.24) is 4.90 Å². The number of anilines is 1. The van der Waals surface area contributed by atoms with Gasteiger partial charge in [-0.25, -0.2) is 0 Å². The molecule has 1 heterocycles. The Labute approximate surface area is 168 Å². The van der Waals surface area contributed by atoms with E-state index in [0.29, 0.717) is 11.4 Å². The van der Waals surface area contributed by atoms with Crippen LogP contribution in [-0.4, -0.2) is 35.6 Å². The number of rotatable bonds is 5. The Morgan fingerprint density at radius 3 is 2.59 bits per heavy atom. The second kappa shape index (κ2) is 8.41. The molecule has 2 aromatic carbocycles. The van der Waals surface area contributed by atoms with Gasteiger partial charge in [-0.1, -0.05) is 40.2 Å². The summed E-state index contributed by atoms with van der Waals surface area (Å²) < 4.78 is 6.09. The van der Waals surface area contributed by atoms with Crippen LogP contribution < -0.4 is 10.1 Å². The Morgan fingerprint density at radius 1 is 1.19 bits per heavy atom. The maximum atomic E-state index is 12.5. The van der Waals surface area contributed by atoms with Crippen LogP contribution in [0, 0.1) is 0 Å². The second-order valence-corrected chi connectivity index (χ2v) is 7.48. The summed E-state index contributed by atoms with van der Waals surface area (Å²) in [5.41, 5.74) is 1.27. The van der Waals surface area contributed by atoms with Gasteiger partial charge in [0.2, 0.25) is 5.91 Å².